The standard InChI is InChI=1S/C34H50N2O6SSi/c1-11-40-33(37)25-18-23(35-6)19-29-31(25)36-30(43-29)20-28(41-24-14-12-13-15-24)32(42-44(9,10)34(3,4)5)22-16-26(38-7)21(2)27(17-22)39-8/h16-19,24,28,32,35H,11-15,20H2,1-10H3/t28-,32+/m0/s1. The van der Waals surface area contributed by atoms with Gasteiger partial charge in [0, 0.05) is 24.7 Å². The van der Waals surface area contributed by atoms with Crippen LogP contribution in [0, 0.1) is 6.92 Å². The molecule has 0 spiro atoms. The fraction of sp³-hybridized carbons (Fsp3) is 0.588. The molecule has 1 aliphatic rings. The first-order chi connectivity index (χ1) is 20.8. The Bertz CT molecular complexity index is 1420. The van der Waals surface area contributed by atoms with Crippen LogP contribution in [-0.4, -0.2) is 59.4 Å². The van der Waals surface area contributed by atoms with E-state index in [0.717, 1.165) is 63.7 Å². The van der Waals surface area contributed by atoms with Gasteiger partial charge in [0.15, 0.2) is 8.32 Å². The second-order valence-corrected chi connectivity index (χ2v) is 19.0. The smallest absolute Gasteiger partial charge is 0.340 e. The first kappa shape index (κ1) is 34.2. The summed E-state index contributed by atoms with van der Waals surface area (Å²) in [5.41, 5.74) is 3.86. The fourth-order valence-corrected chi connectivity index (χ4v) is 7.82. The van der Waals surface area contributed by atoms with Gasteiger partial charge in [-0.15, -0.1) is 11.3 Å². The Morgan fingerprint density at radius 1 is 1.09 bits per heavy atom. The van der Waals surface area contributed by atoms with E-state index in [0.29, 0.717) is 24.1 Å². The molecule has 4 rings (SSSR count). The molecule has 3 aromatic rings. The Hall–Kier alpha value is -2.66. The van der Waals surface area contributed by atoms with Crippen LogP contribution in [-0.2, 0) is 20.3 Å². The van der Waals surface area contributed by atoms with Crippen molar-refractivity contribution in [2.75, 3.05) is 33.2 Å². The summed E-state index contributed by atoms with van der Waals surface area (Å²) in [6, 6.07) is 7.98. The van der Waals surface area contributed by atoms with E-state index in [9.17, 15) is 4.79 Å². The normalized spacial score (nSPS) is 15.8. The average molecular weight is 643 g/mol. The van der Waals surface area contributed by atoms with Gasteiger partial charge in [-0.2, -0.15) is 0 Å². The Morgan fingerprint density at radius 3 is 2.27 bits per heavy atom. The molecule has 0 amide bonds. The highest BCUT2D eigenvalue weighted by Gasteiger charge is 2.43. The van der Waals surface area contributed by atoms with E-state index in [4.69, 9.17) is 28.4 Å². The molecule has 10 heteroatoms. The van der Waals surface area contributed by atoms with E-state index in [-0.39, 0.29) is 29.3 Å². The number of hydrogen-bond donors (Lipinski definition) is 1. The highest BCUT2D eigenvalue weighted by atomic mass is 32.1. The van der Waals surface area contributed by atoms with E-state index in [1.165, 1.54) is 0 Å². The number of nitrogens with zero attached hydrogens (tertiary/aromatic N) is 1. The lowest BCUT2D eigenvalue weighted by Gasteiger charge is -2.42. The van der Waals surface area contributed by atoms with Crippen LogP contribution in [0.25, 0.3) is 10.2 Å². The summed E-state index contributed by atoms with van der Waals surface area (Å²) in [6.07, 6.45) is 4.36. The number of nitrogens with one attached hydrogen (secondary N) is 1. The van der Waals surface area contributed by atoms with Gasteiger partial charge in [0.1, 0.15) is 11.5 Å². The highest BCUT2D eigenvalue weighted by Crippen LogP contribution is 2.44. The molecular formula is C34H50N2O6SSi. The quantitative estimate of drug-likeness (QED) is 0.147. The van der Waals surface area contributed by atoms with Crippen molar-refractivity contribution in [1.29, 1.82) is 0 Å². The van der Waals surface area contributed by atoms with Crippen LogP contribution in [0.5, 0.6) is 11.5 Å². The zero-order valence-electron chi connectivity index (χ0n) is 28.1. The number of anilines is 1. The molecule has 242 valence electrons. The molecule has 0 aliphatic heterocycles. The monoisotopic (exact) mass is 642 g/mol. The topological polar surface area (TPSA) is 88.1 Å². The molecule has 8 nitrogen and oxygen atoms in total. The minimum absolute atomic E-state index is 0.0179. The molecule has 0 unspecified atom stereocenters. The maximum Gasteiger partial charge on any atom is 0.340 e. The minimum atomic E-state index is -2.28. The Kier molecular flexibility index (Phi) is 11.0. The Morgan fingerprint density at radius 2 is 1.73 bits per heavy atom. The predicted molar refractivity (Wildman–Crippen MR) is 181 cm³/mol. The summed E-state index contributed by atoms with van der Waals surface area (Å²) in [5.74, 6) is 1.13. The van der Waals surface area contributed by atoms with Gasteiger partial charge >= 0.3 is 5.97 Å². The second kappa shape index (κ2) is 14.2. The summed E-state index contributed by atoms with van der Waals surface area (Å²) >= 11 is 1.58. The van der Waals surface area contributed by atoms with Gasteiger partial charge in [0.25, 0.3) is 0 Å². The largest absolute Gasteiger partial charge is 0.496 e. The summed E-state index contributed by atoms with van der Waals surface area (Å²) < 4.78 is 32.2. The summed E-state index contributed by atoms with van der Waals surface area (Å²) in [7, 11) is 2.93. The van der Waals surface area contributed by atoms with Crippen LogP contribution < -0.4 is 14.8 Å². The van der Waals surface area contributed by atoms with Gasteiger partial charge in [-0.25, -0.2) is 9.78 Å². The van der Waals surface area contributed by atoms with Crippen LogP contribution in [0.3, 0.4) is 0 Å². The van der Waals surface area contributed by atoms with Gasteiger partial charge < -0.3 is 28.7 Å². The lowest BCUT2D eigenvalue weighted by molar-refractivity contribution is -0.0704. The molecule has 0 bridgehead atoms. The molecule has 1 saturated carbocycles. The lowest BCUT2D eigenvalue weighted by Crippen LogP contribution is -2.45. The number of aromatic nitrogens is 1. The second-order valence-electron chi connectivity index (χ2n) is 13.1. The highest BCUT2D eigenvalue weighted by molar-refractivity contribution is 7.18. The summed E-state index contributed by atoms with van der Waals surface area (Å²) in [5, 5.41) is 4.04. The molecule has 0 radical (unpaired) electrons. The summed E-state index contributed by atoms with van der Waals surface area (Å²) in [4.78, 5) is 18.0. The molecule has 1 heterocycles. The lowest BCUT2D eigenvalue weighted by atomic mass is 9.99. The Labute approximate surface area is 267 Å². The maximum absolute atomic E-state index is 12.9. The zero-order valence-corrected chi connectivity index (χ0v) is 29.9. The minimum Gasteiger partial charge on any atom is -0.496 e. The number of ether oxygens (including phenoxy) is 4. The van der Waals surface area contributed by atoms with E-state index in [1.807, 2.05) is 33.0 Å². The molecule has 1 aliphatic carbocycles. The predicted octanol–water partition coefficient (Wildman–Crippen LogP) is 8.47. The van der Waals surface area contributed by atoms with Gasteiger partial charge in [-0.1, -0.05) is 33.6 Å². The van der Waals surface area contributed by atoms with Gasteiger partial charge in [0.05, 0.1) is 59.9 Å². The van der Waals surface area contributed by atoms with Crippen molar-refractivity contribution in [3.63, 3.8) is 0 Å². The fourth-order valence-electron chi connectivity index (χ4n) is 5.47. The first-order valence-electron chi connectivity index (χ1n) is 15.7. The van der Waals surface area contributed by atoms with Crippen molar-refractivity contribution in [3.8, 4) is 11.5 Å². The van der Waals surface area contributed by atoms with Gasteiger partial charge in [-0.05, 0) is 74.7 Å². The maximum atomic E-state index is 12.9. The molecule has 1 N–H and O–H groups in total. The van der Waals surface area contributed by atoms with Gasteiger partial charge in [0.2, 0.25) is 0 Å². The van der Waals surface area contributed by atoms with Crippen LogP contribution >= 0.6 is 11.3 Å². The number of carbonyl (C=O) groups is 1. The number of esters is 1. The van der Waals surface area contributed by atoms with E-state index >= 15 is 0 Å². The van der Waals surface area contributed by atoms with Crippen molar-refractivity contribution >= 4 is 41.5 Å². The zero-order chi connectivity index (χ0) is 32.2. The third-order valence-corrected chi connectivity index (χ3v) is 14.5. The molecular weight excluding hydrogens is 593 g/mol. The van der Waals surface area contributed by atoms with Crippen molar-refractivity contribution < 1.29 is 28.2 Å². The van der Waals surface area contributed by atoms with Crippen molar-refractivity contribution in [1.82, 2.24) is 4.98 Å². The number of fused-ring (bicyclic) bond motifs is 1. The SMILES string of the molecule is CCOC(=O)c1cc(NC)cc2sc(C[C@H](OC3CCCC3)[C@H](O[Si](C)(C)C(C)(C)C)c3cc(OC)c(C)c(OC)c3)nc12. The van der Waals surface area contributed by atoms with Crippen molar-refractivity contribution in [2.45, 2.75) is 103 Å². The van der Waals surface area contributed by atoms with Crippen LogP contribution in [0.4, 0.5) is 5.69 Å². The van der Waals surface area contributed by atoms with Crippen LogP contribution in [0.15, 0.2) is 24.3 Å². The molecule has 1 aromatic heterocycles. The molecule has 44 heavy (non-hydrogen) atoms. The number of hydrogen-bond acceptors (Lipinski definition) is 9. The molecule has 1 fully saturated rings. The van der Waals surface area contributed by atoms with Crippen LogP contribution in [0.1, 0.15) is 86.0 Å². The molecule has 2 aromatic carbocycles. The molecule has 0 saturated heterocycles. The van der Waals surface area contributed by atoms with Crippen molar-refractivity contribution in [2.24, 2.45) is 0 Å². The first-order valence-corrected chi connectivity index (χ1v) is 19.4. The van der Waals surface area contributed by atoms with E-state index in [2.05, 4.69) is 51.3 Å². The molecule has 2 atom stereocenters. The number of carbonyl (C=O) groups excluding carboxylic acids is 1. The van der Waals surface area contributed by atoms with Crippen LogP contribution in [0.2, 0.25) is 18.1 Å². The third-order valence-electron chi connectivity index (χ3n) is 9.04. The third kappa shape index (κ3) is 7.58. The van der Waals surface area contributed by atoms with E-state index < -0.39 is 8.32 Å². The van der Waals surface area contributed by atoms with Gasteiger partial charge in [-0.3, -0.25) is 0 Å². The Balaban J connectivity index is 1.85. The number of benzene rings is 2. The number of methoxy groups -OCH3 is 2. The number of rotatable bonds is 13. The number of thiazole rings is 1. The van der Waals surface area contributed by atoms with Crippen molar-refractivity contribution in [3.05, 3.63) is 46.0 Å². The summed E-state index contributed by atoms with van der Waals surface area (Å²) in [6.45, 7) is 15.4. The van der Waals surface area contributed by atoms with E-state index in [1.54, 1.807) is 25.6 Å². The average Bonchev–Trinajstić information content (AvgIpc) is 3.64.